The van der Waals surface area contributed by atoms with E-state index in [-0.39, 0.29) is 24.5 Å². The van der Waals surface area contributed by atoms with E-state index in [0.29, 0.717) is 43.7 Å². The van der Waals surface area contributed by atoms with Crippen LogP contribution < -0.4 is 15.5 Å². The van der Waals surface area contributed by atoms with E-state index < -0.39 is 0 Å². The molecule has 7 heteroatoms. The van der Waals surface area contributed by atoms with Crippen molar-refractivity contribution < 1.29 is 14.3 Å². The molecule has 6 nitrogen and oxygen atoms in total. The van der Waals surface area contributed by atoms with Gasteiger partial charge in [0.2, 0.25) is 0 Å². The standard InChI is InChI=1S/C24H29FN4O2/c1-16-2-4-20-18(15-27-22(20)12-16)6-9-26-24(31)28-14-17-3-5-23(21(25)13-17)29-10-7-19(30)8-11-29/h2-5,12-13,15,19,27,30H,6-11,14H2,1H3,(H2,26,28,31). The molecule has 1 saturated heterocycles. The number of hydrogen-bond acceptors (Lipinski definition) is 3. The Morgan fingerprint density at radius 1 is 1.19 bits per heavy atom. The van der Waals surface area contributed by atoms with E-state index in [1.165, 1.54) is 17.0 Å². The van der Waals surface area contributed by atoms with Crippen LogP contribution in [0.5, 0.6) is 0 Å². The number of carbonyl (C=O) groups excluding carboxylic acids is 1. The Morgan fingerprint density at radius 3 is 2.77 bits per heavy atom. The van der Waals surface area contributed by atoms with Crippen molar-refractivity contribution in [2.75, 3.05) is 24.5 Å². The van der Waals surface area contributed by atoms with Gasteiger partial charge in [0.05, 0.1) is 11.8 Å². The number of urea groups is 1. The number of anilines is 1. The molecule has 0 radical (unpaired) electrons. The van der Waals surface area contributed by atoms with Crippen LogP contribution in [0.1, 0.15) is 29.5 Å². The van der Waals surface area contributed by atoms with E-state index in [2.05, 4.69) is 40.7 Å². The average Bonchev–Trinajstić information content (AvgIpc) is 3.15. The van der Waals surface area contributed by atoms with Crippen molar-refractivity contribution in [2.24, 2.45) is 0 Å². The van der Waals surface area contributed by atoms with E-state index in [0.717, 1.165) is 17.5 Å². The van der Waals surface area contributed by atoms with Gasteiger partial charge in [-0.05, 0) is 61.1 Å². The van der Waals surface area contributed by atoms with Crippen LogP contribution in [0.25, 0.3) is 10.9 Å². The fraction of sp³-hybridized carbons (Fsp3) is 0.375. The first-order valence-electron chi connectivity index (χ1n) is 10.8. The fourth-order valence-corrected chi connectivity index (χ4v) is 4.09. The molecule has 164 valence electrons. The summed E-state index contributed by atoms with van der Waals surface area (Å²) in [5.74, 6) is -0.300. The average molecular weight is 425 g/mol. The smallest absolute Gasteiger partial charge is 0.315 e. The summed E-state index contributed by atoms with van der Waals surface area (Å²) >= 11 is 0. The minimum absolute atomic E-state index is 0.258. The van der Waals surface area contributed by atoms with E-state index in [1.807, 2.05) is 17.2 Å². The first-order chi connectivity index (χ1) is 15.0. The highest BCUT2D eigenvalue weighted by atomic mass is 19.1. The molecule has 2 heterocycles. The molecule has 2 aromatic carbocycles. The number of nitrogens with zero attached hydrogens (tertiary/aromatic N) is 1. The third-order valence-electron chi connectivity index (χ3n) is 5.87. The van der Waals surface area contributed by atoms with Crippen LogP contribution >= 0.6 is 0 Å². The normalized spacial score (nSPS) is 14.7. The van der Waals surface area contributed by atoms with Crippen LogP contribution in [0, 0.1) is 12.7 Å². The lowest BCUT2D eigenvalue weighted by atomic mass is 10.1. The number of benzene rings is 2. The Morgan fingerprint density at radius 2 is 2.00 bits per heavy atom. The molecule has 4 rings (SSSR count). The van der Waals surface area contributed by atoms with Gasteiger partial charge in [-0.1, -0.05) is 18.2 Å². The highest BCUT2D eigenvalue weighted by Gasteiger charge is 2.19. The second-order valence-electron chi connectivity index (χ2n) is 8.23. The summed E-state index contributed by atoms with van der Waals surface area (Å²) in [5.41, 5.74) is 4.73. The molecule has 2 amide bonds. The predicted molar refractivity (Wildman–Crippen MR) is 121 cm³/mol. The number of halogens is 1. The SMILES string of the molecule is Cc1ccc2c(CCNC(=O)NCc3ccc(N4CCC(O)CC4)c(F)c3)c[nH]c2c1. The monoisotopic (exact) mass is 424 g/mol. The molecule has 0 aliphatic carbocycles. The van der Waals surface area contributed by atoms with Gasteiger partial charge in [0.1, 0.15) is 5.82 Å². The van der Waals surface area contributed by atoms with E-state index in [1.54, 1.807) is 6.07 Å². The second-order valence-corrected chi connectivity index (χ2v) is 8.23. The third-order valence-corrected chi connectivity index (χ3v) is 5.87. The number of aromatic nitrogens is 1. The number of piperidine rings is 1. The van der Waals surface area contributed by atoms with Crippen LogP contribution in [0.15, 0.2) is 42.6 Å². The van der Waals surface area contributed by atoms with Gasteiger partial charge in [-0.3, -0.25) is 0 Å². The molecular formula is C24H29FN4O2. The predicted octanol–water partition coefficient (Wildman–Crippen LogP) is 3.62. The van der Waals surface area contributed by atoms with Gasteiger partial charge in [0, 0.05) is 43.3 Å². The highest BCUT2D eigenvalue weighted by Crippen LogP contribution is 2.24. The number of aromatic amines is 1. The van der Waals surface area contributed by atoms with Crippen molar-refractivity contribution in [1.29, 1.82) is 0 Å². The molecule has 4 N–H and O–H groups in total. The summed E-state index contributed by atoms with van der Waals surface area (Å²) in [6.07, 6.45) is 3.73. The number of amides is 2. The van der Waals surface area contributed by atoms with E-state index >= 15 is 0 Å². The first-order valence-corrected chi connectivity index (χ1v) is 10.8. The molecule has 1 aliphatic heterocycles. The summed E-state index contributed by atoms with van der Waals surface area (Å²) in [6, 6.07) is 11.1. The van der Waals surface area contributed by atoms with E-state index in [4.69, 9.17) is 0 Å². The Kier molecular flexibility index (Phi) is 6.42. The van der Waals surface area contributed by atoms with Gasteiger partial charge in [-0.2, -0.15) is 0 Å². The zero-order chi connectivity index (χ0) is 21.8. The Labute approximate surface area is 181 Å². The third kappa shape index (κ3) is 5.17. The van der Waals surface area contributed by atoms with Gasteiger partial charge < -0.3 is 25.6 Å². The quantitative estimate of drug-likeness (QED) is 0.488. The van der Waals surface area contributed by atoms with Crippen LogP contribution in [-0.4, -0.2) is 41.9 Å². The van der Waals surface area contributed by atoms with Crippen molar-refractivity contribution in [3.8, 4) is 0 Å². The number of aryl methyl sites for hydroxylation is 1. The number of rotatable bonds is 6. The van der Waals surface area contributed by atoms with Crippen LogP contribution in [0.2, 0.25) is 0 Å². The Bertz CT molecular complexity index is 1060. The highest BCUT2D eigenvalue weighted by molar-refractivity contribution is 5.84. The summed E-state index contributed by atoms with van der Waals surface area (Å²) in [6.45, 7) is 4.13. The summed E-state index contributed by atoms with van der Waals surface area (Å²) < 4.78 is 14.5. The maximum atomic E-state index is 14.5. The topological polar surface area (TPSA) is 80.4 Å². The maximum Gasteiger partial charge on any atom is 0.315 e. The van der Waals surface area contributed by atoms with Gasteiger partial charge in [-0.25, -0.2) is 9.18 Å². The molecular weight excluding hydrogens is 395 g/mol. The minimum Gasteiger partial charge on any atom is -0.393 e. The van der Waals surface area contributed by atoms with Crippen molar-refractivity contribution in [1.82, 2.24) is 15.6 Å². The lowest BCUT2D eigenvalue weighted by molar-refractivity contribution is 0.145. The molecule has 0 saturated carbocycles. The molecule has 1 fully saturated rings. The van der Waals surface area contributed by atoms with Crippen LogP contribution in [-0.2, 0) is 13.0 Å². The Hall–Kier alpha value is -3.06. The van der Waals surface area contributed by atoms with Gasteiger partial charge in [0.25, 0.3) is 0 Å². The van der Waals surface area contributed by atoms with Gasteiger partial charge in [0.15, 0.2) is 0 Å². The molecule has 0 spiro atoms. The number of H-pyrrole nitrogens is 1. The molecule has 0 unspecified atom stereocenters. The zero-order valence-corrected chi connectivity index (χ0v) is 17.7. The largest absolute Gasteiger partial charge is 0.393 e. The number of carbonyl (C=O) groups is 1. The van der Waals surface area contributed by atoms with Crippen molar-refractivity contribution >= 4 is 22.6 Å². The summed E-state index contributed by atoms with van der Waals surface area (Å²) in [7, 11) is 0. The molecule has 3 aromatic rings. The summed E-state index contributed by atoms with van der Waals surface area (Å²) in [5, 5.41) is 16.4. The van der Waals surface area contributed by atoms with Crippen molar-refractivity contribution in [3.63, 3.8) is 0 Å². The number of nitrogens with one attached hydrogen (secondary N) is 3. The maximum absolute atomic E-state index is 14.5. The number of aliphatic hydroxyl groups excluding tert-OH is 1. The van der Waals surface area contributed by atoms with E-state index in [9.17, 15) is 14.3 Å². The number of aliphatic hydroxyl groups is 1. The summed E-state index contributed by atoms with van der Waals surface area (Å²) in [4.78, 5) is 17.4. The number of hydrogen-bond donors (Lipinski definition) is 4. The van der Waals surface area contributed by atoms with Crippen LogP contribution in [0.3, 0.4) is 0 Å². The second kappa shape index (κ2) is 9.39. The van der Waals surface area contributed by atoms with Crippen molar-refractivity contribution in [2.45, 2.75) is 38.8 Å². The molecule has 1 aliphatic rings. The van der Waals surface area contributed by atoms with Crippen LogP contribution in [0.4, 0.5) is 14.9 Å². The molecule has 31 heavy (non-hydrogen) atoms. The number of fused-ring (bicyclic) bond motifs is 1. The molecule has 0 atom stereocenters. The Balaban J connectivity index is 1.24. The van der Waals surface area contributed by atoms with Gasteiger partial charge >= 0.3 is 6.03 Å². The van der Waals surface area contributed by atoms with Gasteiger partial charge in [-0.15, -0.1) is 0 Å². The minimum atomic E-state index is -0.300. The van der Waals surface area contributed by atoms with Crippen molar-refractivity contribution in [3.05, 3.63) is 65.1 Å². The molecule has 0 bridgehead atoms. The molecule has 1 aromatic heterocycles. The fourth-order valence-electron chi connectivity index (χ4n) is 4.09. The lowest BCUT2D eigenvalue weighted by Gasteiger charge is -2.31. The zero-order valence-electron chi connectivity index (χ0n) is 17.7. The lowest BCUT2D eigenvalue weighted by Crippen LogP contribution is -2.37. The first kappa shape index (κ1) is 21.2.